The molecular weight excluding hydrogens is 360 g/mol. The summed E-state index contributed by atoms with van der Waals surface area (Å²) >= 11 is 6.06. The Kier molecular flexibility index (Phi) is 4.94. The third kappa shape index (κ3) is 3.29. The van der Waals surface area contributed by atoms with Gasteiger partial charge >= 0.3 is 5.97 Å². The maximum atomic E-state index is 13.0. The number of carboxylic acid groups (broad SMARTS) is 1. The van der Waals surface area contributed by atoms with E-state index in [1.807, 2.05) is 6.07 Å². The van der Waals surface area contributed by atoms with Crippen LogP contribution in [0.3, 0.4) is 0 Å². The van der Waals surface area contributed by atoms with E-state index >= 15 is 0 Å². The molecule has 2 unspecified atom stereocenters. The molecule has 0 spiro atoms. The molecule has 2 aliphatic heterocycles. The molecular formula is C18H21ClN2O5. The Hall–Kier alpha value is -2.12. The van der Waals surface area contributed by atoms with Crippen molar-refractivity contribution in [3.8, 4) is 0 Å². The Morgan fingerprint density at radius 3 is 2.50 bits per heavy atom. The fourth-order valence-electron chi connectivity index (χ4n) is 3.78. The van der Waals surface area contributed by atoms with Gasteiger partial charge in [-0.3, -0.25) is 9.59 Å². The molecule has 2 amide bonds. The number of halogens is 1. The summed E-state index contributed by atoms with van der Waals surface area (Å²) in [6, 6.07) is 6.69. The summed E-state index contributed by atoms with van der Waals surface area (Å²) in [6.07, 6.45) is 0.0605. The maximum Gasteiger partial charge on any atom is 0.335 e. The standard InChI is InChI=1S/C18H21ClN2O5/c1-20-14(22)10-13(15(20)11-3-2-4-12(19)9-11)16(23)21-7-5-18(26,6-8-21)17(24)25/h2-4,9,13,15,26H,5-8,10H2,1H3,(H,24,25). The second kappa shape index (κ2) is 6.89. The smallest absolute Gasteiger partial charge is 0.335 e. The van der Waals surface area contributed by atoms with Crippen LogP contribution in [-0.4, -0.2) is 63.5 Å². The number of hydrogen-bond acceptors (Lipinski definition) is 4. The predicted octanol–water partition coefficient (Wildman–Crippen LogP) is 1.30. The quantitative estimate of drug-likeness (QED) is 0.823. The average molecular weight is 381 g/mol. The van der Waals surface area contributed by atoms with Crippen LogP contribution in [-0.2, 0) is 14.4 Å². The van der Waals surface area contributed by atoms with Crippen molar-refractivity contribution in [2.24, 2.45) is 5.92 Å². The number of hydrogen-bond donors (Lipinski definition) is 2. The number of aliphatic hydroxyl groups is 1. The molecule has 1 aromatic carbocycles. The number of nitrogens with zero attached hydrogens (tertiary/aromatic N) is 2. The Morgan fingerprint density at radius 2 is 1.92 bits per heavy atom. The lowest BCUT2D eigenvalue weighted by Gasteiger charge is -2.37. The van der Waals surface area contributed by atoms with Crippen LogP contribution in [0.5, 0.6) is 0 Å². The second-order valence-corrected chi connectivity index (χ2v) is 7.41. The van der Waals surface area contributed by atoms with E-state index in [-0.39, 0.29) is 44.2 Å². The number of piperidine rings is 1. The summed E-state index contributed by atoms with van der Waals surface area (Å²) in [5.41, 5.74) is -0.992. The fraction of sp³-hybridized carbons (Fsp3) is 0.500. The van der Waals surface area contributed by atoms with Crippen LogP contribution in [0.25, 0.3) is 0 Å². The van der Waals surface area contributed by atoms with Crippen molar-refractivity contribution < 1.29 is 24.6 Å². The number of likely N-dealkylation sites (tertiary alicyclic amines) is 2. The summed E-state index contributed by atoms with van der Waals surface area (Å²) in [5.74, 6) is -2.13. The van der Waals surface area contributed by atoms with E-state index in [2.05, 4.69) is 0 Å². The zero-order valence-electron chi connectivity index (χ0n) is 14.4. The SMILES string of the molecule is CN1C(=O)CC(C(=O)N2CCC(O)(C(=O)O)CC2)C1c1cccc(Cl)c1. The van der Waals surface area contributed by atoms with Crippen molar-refractivity contribution in [3.63, 3.8) is 0 Å². The van der Waals surface area contributed by atoms with Gasteiger partial charge in [-0.1, -0.05) is 23.7 Å². The van der Waals surface area contributed by atoms with Gasteiger partial charge in [0, 0.05) is 44.4 Å². The van der Waals surface area contributed by atoms with Crippen LogP contribution in [0.2, 0.25) is 5.02 Å². The fourth-order valence-corrected chi connectivity index (χ4v) is 3.98. The number of amides is 2. The largest absolute Gasteiger partial charge is 0.479 e. The van der Waals surface area contributed by atoms with Gasteiger partial charge in [0.05, 0.1) is 12.0 Å². The van der Waals surface area contributed by atoms with Crippen LogP contribution in [0.1, 0.15) is 30.9 Å². The van der Waals surface area contributed by atoms with E-state index < -0.39 is 23.5 Å². The van der Waals surface area contributed by atoms with E-state index in [0.29, 0.717) is 5.02 Å². The van der Waals surface area contributed by atoms with E-state index in [1.54, 1.807) is 35.0 Å². The summed E-state index contributed by atoms with van der Waals surface area (Å²) in [4.78, 5) is 39.5. The zero-order valence-corrected chi connectivity index (χ0v) is 15.1. The number of carbonyl (C=O) groups excluding carboxylic acids is 2. The van der Waals surface area contributed by atoms with Gasteiger partial charge in [0.1, 0.15) is 0 Å². The molecule has 2 aliphatic rings. The minimum atomic E-state index is -1.79. The first-order chi connectivity index (χ1) is 12.2. The van der Waals surface area contributed by atoms with Crippen molar-refractivity contribution >= 4 is 29.4 Å². The van der Waals surface area contributed by atoms with Crippen LogP contribution in [0.4, 0.5) is 0 Å². The van der Waals surface area contributed by atoms with Crippen molar-refractivity contribution in [2.45, 2.75) is 30.9 Å². The Morgan fingerprint density at radius 1 is 1.27 bits per heavy atom. The van der Waals surface area contributed by atoms with E-state index in [1.165, 1.54) is 0 Å². The molecule has 7 nitrogen and oxygen atoms in total. The molecule has 0 bridgehead atoms. The van der Waals surface area contributed by atoms with Gasteiger partial charge in [-0.25, -0.2) is 4.79 Å². The first-order valence-corrected chi connectivity index (χ1v) is 8.86. The van der Waals surface area contributed by atoms with Gasteiger partial charge in [0.2, 0.25) is 11.8 Å². The zero-order chi connectivity index (χ0) is 19.1. The number of rotatable bonds is 3. The van der Waals surface area contributed by atoms with Crippen molar-refractivity contribution in [1.29, 1.82) is 0 Å². The highest BCUT2D eigenvalue weighted by atomic mass is 35.5. The van der Waals surface area contributed by atoms with Gasteiger partial charge in [0.25, 0.3) is 0 Å². The Bertz CT molecular complexity index is 745. The molecule has 0 aliphatic carbocycles. The predicted molar refractivity (Wildman–Crippen MR) is 93.5 cm³/mol. The Balaban J connectivity index is 1.80. The highest BCUT2D eigenvalue weighted by Crippen LogP contribution is 2.39. The summed E-state index contributed by atoms with van der Waals surface area (Å²) in [7, 11) is 1.67. The molecule has 2 saturated heterocycles. The molecule has 2 atom stereocenters. The summed E-state index contributed by atoms with van der Waals surface area (Å²) in [6.45, 7) is 0.302. The summed E-state index contributed by atoms with van der Waals surface area (Å²) < 4.78 is 0. The van der Waals surface area contributed by atoms with Gasteiger partial charge < -0.3 is 20.0 Å². The number of carbonyl (C=O) groups is 3. The highest BCUT2D eigenvalue weighted by Gasteiger charge is 2.47. The number of aliphatic carboxylic acids is 1. The molecule has 2 fully saturated rings. The molecule has 8 heteroatoms. The molecule has 2 N–H and O–H groups in total. The average Bonchev–Trinajstić information content (AvgIpc) is 2.90. The lowest BCUT2D eigenvalue weighted by atomic mass is 9.88. The van der Waals surface area contributed by atoms with Gasteiger partial charge in [0.15, 0.2) is 5.60 Å². The Labute approximate surface area is 156 Å². The van der Waals surface area contributed by atoms with Crippen LogP contribution in [0.15, 0.2) is 24.3 Å². The number of carboxylic acids is 1. The molecule has 0 radical (unpaired) electrons. The molecule has 140 valence electrons. The summed E-state index contributed by atoms with van der Waals surface area (Å²) in [5, 5.41) is 19.7. The number of benzene rings is 1. The van der Waals surface area contributed by atoms with Gasteiger partial charge in [-0.2, -0.15) is 0 Å². The van der Waals surface area contributed by atoms with Gasteiger partial charge in [-0.15, -0.1) is 0 Å². The first kappa shape index (κ1) is 18.7. The minimum absolute atomic E-state index is 0.0214. The van der Waals surface area contributed by atoms with E-state index in [9.17, 15) is 19.5 Å². The monoisotopic (exact) mass is 380 g/mol. The van der Waals surface area contributed by atoms with Crippen molar-refractivity contribution in [3.05, 3.63) is 34.9 Å². The van der Waals surface area contributed by atoms with Crippen LogP contribution < -0.4 is 0 Å². The maximum absolute atomic E-state index is 13.0. The third-order valence-electron chi connectivity index (χ3n) is 5.39. The van der Waals surface area contributed by atoms with Crippen molar-refractivity contribution in [2.75, 3.05) is 20.1 Å². The van der Waals surface area contributed by atoms with E-state index in [0.717, 1.165) is 5.56 Å². The molecule has 0 saturated carbocycles. The molecule has 2 heterocycles. The molecule has 26 heavy (non-hydrogen) atoms. The highest BCUT2D eigenvalue weighted by molar-refractivity contribution is 6.30. The van der Waals surface area contributed by atoms with Crippen LogP contribution >= 0.6 is 11.6 Å². The van der Waals surface area contributed by atoms with Crippen molar-refractivity contribution in [1.82, 2.24) is 9.80 Å². The first-order valence-electron chi connectivity index (χ1n) is 8.48. The lowest BCUT2D eigenvalue weighted by molar-refractivity contribution is -0.166. The third-order valence-corrected chi connectivity index (χ3v) is 5.63. The second-order valence-electron chi connectivity index (χ2n) is 6.98. The minimum Gasteiger partial charge on any atom is -0.479 e. The van der Waals surface area contributed by atoms with Gasteiger partial charge in [-0.05, 0) is 17.7 Å². The topological polar surface area (TPSA) is 98.2 Å². The molecule has 0 aromatic heterocycles. The normalized spacial score (nSPS) is 25.4. The lowest BCUT2D eigenvalue weighted by Crippen LogP contribution is -2.52. The van der Waals surface area contributed by atoms with Crippen LogP contribution in [0, 0.1) is 5.92 Å². The molecule has 3 rings (SSSR count). The van der Waals surface area contributed by atoms with E-state index in [4.69, 9.17) is 16.7 Å². The molecule has 1 aromatic rings.